The maximum atomic E-state index is 10.3. The summed E-state index contributed by atoms with van der Waals surface area (Å²) in [5.41, 5.74) is 10.4. The van der Waals surface area contributed by atoms with E-state index in [0.29, 0.717) is 17.6 Å². The van der Waals surface area contributed by atoms with E-state index in [1.165, 1.54) is 10.9 Å². The number of benzene rings is 1. The van der Waals surface area contributed by atoms with Gasteiger partial charge in [0.1, 0.15) is 23.8 Å². The molecule has 0 aliphatic carbocycles. The summed E-state index contributed by atoms with van der Waals surface area (Å²) in [6.45, 7) is -0.429. The second kappa shape index (κ2) is 8.09. The lowest BCUT2D eigenvalue weighted by Crippen LogP contribution is -2.33. The number of nitrogens with one attached hydrogen (secondary N) is 1. The standard InChI is InChI=1S/C18H21N7O4/c19-15-12-16(25(9-20-12)17-14(28)13(27)11(8-26)29-17)23-18(22-15)24-21-7-6-10-4-2-1-3-5-10/h1-5,7,9,11,13-14,17,26-28H,6,8H2,(H3,19,22,23,24)/b21-7+/t11-,13-,14-,17?/m1/s1. The van der Waals surface area contributed by atoms with Gasteiger partial charge in [0.25, 0.3) is 0 Å². The number of imidazole rings is 1. The summed E-state index contributed by atoms with van der Waals surface area (Å²) in [6.07, 6.45) is -0.682. The highest BCUT2D eigenvalue weighted by Crippen LogP contribution is 2.32. The van der Waals surface area contributed by atoms with Gasteiger partial charge in [0.15, 0.2) is 17.7 Å². The van der Waals surface area contributed by atoms with Crippen LogP contribution in [0.1, 0.15) is 11.8 Å². The van der Waals surface area contributed by atoms with Crippen LogP contribution >= 0.6 is 0 Å². The van der Waals surface area contributed by atoms with Crippen LogP contribution in [0.3, 0.4) is 0 Å². The van der Waals surface area contributed by atoms with Gasteiger partial charge < -0.3 is 25.8 Å². The molecule has 3 aromatic rings. The van der Waals surface area contributed by atoms with Gasteiger partial charge in [0.05, 0.1) is 12.9 Å². The van der Waals surface area contributed by atoms with E-state index in [2.05, 4.69) is 25.5 Å². The minimum atomic E-state index is -1.26. The van der Waals surface area contributed by atoms with E-state index in [-0.39, 0.29) is 11.8 Å². The first-order valence-corrected chi connectivity index (χ1v) is 9.02. The zero-order chi connectivity index (χ0) is 20.4. The van der Waals surface area contributed by atoms with Crippen molar-refractivity contribution in [1.82, 2.24) is 19.5 Å². The van der Waals surface area contributed by atoms with Gasteiger partial charge in [-0.15, -0.1) is 0 Å². The van der Waals surface area contributed by atoms with Gasteiger partial charge in [0, 0.05) is 12.6 Å². The van der Waals surface area contributed by atoms with Crippen molar-refractivity contribution in [3.8, 4) is 0 Å². The van der Waals surface area contributed by atoms with E-state index < -0.39 is 31.1 Å². The monoisotopic (exact) mass is 399 g/mol. The van der Waals surface area contributed by atoms with E-state index in [1.54, 1.807) is 6.21 Å². The third-order valence-electron chi connectivity index (χ3n) is 4.67. The average molecular weight is 399 g/mol. The molecule has 4 rings (SSSR count). The number of aliphatic hydroxyl groups excluding tert-OH is 3. The van der Waals surface area contributed by atoms with Crippen molar-refractivity contribution in [3.05, 3.63) is 42.2 Å². The van der Waals surface area contributed by atoms with E-state index >= 15 is 0 Å². The van der Waals surface area contributed by atoms with Gasteiger partial charge in [0.2, 0.25) is 5.95 Å². The summed E-state index contributed by atoms with van der Waals surface area (Å²) in [5.74, 6) is 0.272. The van der Waals surface area contributed by atoms with Crippen molar-refractivity contribution in [2.24, 2.45) is 5.10 Å². The lowest BCUT2D eigenvalue weighted by molar-refractivity contribution is -0.0511. The summed E-state index contributed by atoms with van der Waals surface area (Å²) >= 11 is 0. The first-order chi connectivity index (χ1) is 14.1. The number of aliphatic hydroxyl groups is 3. The quantitative estimate of drug-likeness (QED) is 0.275. The van der Waals surface area contributed by atoms with Crippen molar-refractivity contribution in [1.29, 1.82) is 0 Å². The number of rotatable bonds is 6. The average Bonchev–Trinajstić information content (AvgIpc) is 3.28. The van der Waals surface area contributed by atoms with E-state index in [9.17, 15) is 15.3 Å². The minimum Gasteiger partial charge on any atom is -0.394 e. The summed E-state index contributed by atoms with van der Waals surface area (Å²) in [7, 11) is 0. The number of anilines is 2. The fourth-order valence-electron chi connectivity index (χ4n) is 3.15. The van der Waals surface area contributed by atoms with Crippen LogP contribution < -0.4 is 11.2 Å². The highest BCUT2D eigenvalue weighted by atomic mass is 16.6. The molecule has 6 N–H and O–H groups in total. The van der Waals surface area contributed by atoms with Gasteiger partial charge in [-0.05, 0) is 5.56 Å². The molecule has 3 heterocycles. The Balaban J connectivity index is 1.55. The molecule has 1 aliphatic rings. The smallest absolute Gasteiger partial charge is 0.247 e. The van der Waals surface area contributed by atoms with Crippen LogP contribution in [0, 0.1) is 0 Å². The molecule has 1 aromatic carbocycles. The van der Waals surface area contributed by atoms with E-state index in [1.807, 2.05) is 30.3 Å². The number of nitrogens with two attached hydrogens (primary N) is 1. The Hall–Kier alpha value is -3.12. The molecule has 29 heavy (non-hydrogen) atoms. The number of aromatic nitrogens is 4. The maximum Gasteiger partial charge on any atom is 0.247 e. The number of hydrazone groups is 1. The van der Waals surface area contributed by atoms with Gasteiger partial charge in [-0.25, -0.2) is 10.4 Å². The first-order valence-electron chi connectivity index (χ1n) is 9.02. The Morgan fingerprint density at radius 1 is 1.21 bits per heavy atom. The van der Waals surface area contributed by atoms with Crippen LogP contribution in [0.2, 0.25) is 0 Å². The number of ether oxygens (including phenoxy) is 1. The largest absolute Gasteiger partial charge is 0.394 e. The molecule has 11 heteroatoms. The van der Waals surface area contributed by atoms with Crippen LogP contribution in [0.5, 0.6) is 0 Å². The normalized spacial score (nSPS) is 24.5. The van der Waals surface area contributed by atoms with Crippen molar-refractivity contribution in [2.75, 3.05) is 17.8 Å². The molecule has 1 fully saturated rings. The molecule has 0 spiro atoms. The lowest BCUT2D eigenvalue weighted by atomic mass is 10.1. The number of hydrogen-bond donors (Lipinski definition) is 5. The molecule has 0 radical (unpaired) electrons. The second-order valence-corrected chi connectivity index (χ2v) is 6.60. The molecule has 152 valence electrons. The van der Waals surface area contributed by atoms with Crippen LogP contribution in [0.15, 0.2) is 41.8 Å². The third kappa shape index (κ3) is 3.76. The number of fused-ring (bicyclic) bond motifs is 1. The molecule has 1 saturated heterocycles. The fraction of sp³-hybridized carbons (Fsp3) is 0.333. The fourth-order valence-corrected chi connectivity index (χ4v) is 3.15. The molecule has 2 aromatic heterocycles. The summed E-state index contributed by atoms with van der Waals surface area (Å²) in [6, 6.07) is 9.83. The van der Waals surface area contributed by atoms with Crippen molar-refractivity contribution in [2.45, 2.75) is 31.0 Å². The van der Waals surface area contributed by atoms with Crippen LogP contribution in [-0.4, -0.2) is 66.0 Å². The summed E-state index contributed by atoms with van der Waals surface area (Å²) < 4.78 is 6.98. The summed E-state index contributed by atoms with van der Waals surface area (Å²) in [4.78, 5) is 12.6. The SMILES string of the molecule is Nc1nc(N/N=C/Cc2ccccc2)nc2c1ncn2C1O[C@H](CO)[C@@H](O)[C@H]1O. The topological polar surface area (TPSA) is 164 Å². The lowest BCUT2D eigenvalue weighted by Gasteiger charge is -2.16. The predicted octanol–water partition coefficient (Wildman–Crippen LogP) is -0.340. The Morgan fingerprint density at radius 2 is 2.00 bits per heavy atom. The van der Waals surface area contributed by atoms with Crippen LogP contribution in [-0.2, 0) is 11.2 Å². The van der Waals surface area contributed by atoms with Crippen molar-refractivity contribution < 1.29 is 20.1 Å². The molecular formula is C18H21N7O4. The number of nitrogen functional groups attached to an aromatic ring is 1. The number of nitrogens with zero attached hydrogens (tertiary/aromatic N) is 5. The Morgan fingerprint density at radius 3 is 2.72 bits per heavy atom. The number of hydrogen-bond acceptors (Lipinski definition) is 10. The highest BCUT2D eigenvalue weighted by Gasteiger charge is 2.44. The molecule has 0 amide bonds. The molecule has 0 bridgehead atoms. The zero-order valence-electron chi connectivity index (χ0n) is 15.3. The molecular weight excluding hydrogens is 378 g/mol. The Bertz CT molecular complexity index is 1010. The molecule has 4 atom stereocenters. The van der Waals surface area contributed by atoms with Gasteiger partial charge in [-0.2, -0.15) is 15.1 Å². The zero-order valence-corrected chi connectivity index (χ0v) is 15.3. The van der Waals surface area contributed by atoms with Gasteiger partial charge in [-0.1, -0.05) is 30.3 Å². The van der Waals surface area contributed by atoms with Crippen LogP contribution in [0.4, 0.5) is 11.8 Å². The Labute approximate surface area is 165 Å². The van der Waals surface area contributed by atoms with Gasteiger partial charge >= 0.3 is 0 Å². The van der Waals surface area contributed by atoms with E-state index in [4.69, 9.17) is 10.5 Å². The Kier molecular flexibility index (Phi) is 5.36. The van der Waals surface area contributed by atoms with Gasteiger partial charge in [-0.3, -0.25) is 4.57 Å². The summed E-state index contributed by atoms with van der Waals surface area (Å²) in [5, 5.41) is 33.6. The van der Waals surface area contributed by atoms with Crippen molar-refractivity contribution in [3.63, 3.8) is 0 Å². The third-order valence-corrected chi connectivity index (χ3v) is 4.67. The minimum absolute atomic E-state index is 0.126. The predicted molar refractivity (Wildman–Crippen MR) is 105 cm³/mol. The second-order valence-electron chi connectivity index (χ2n) is 6.60. The molecule has 11 nitrogen and oxygen atoms in total. The highest BCUT2D eigenvalue weighted by molar-refractivity contribution is 5.83. The molecule has 1 unspecified atom stereocenters. The van der Waals surface area contributed by atoms with Crippen LogP contribution in [0.25, 0.3) is 11.2 Å². The molecule has 1 aliphatic heterocycles. The van der Waals surface area contributed by atoms with Crippen molar-refractivity contribution >= 4 is 29.1 Å². The maximum absolute atomic E-state index is 10.3. The first kappa shape index (κ1) is 19.2. The van der Waals surface area contributed by atoms with E-state index in [0.717, 1.165) is 5.56 Å². The molecule has 0 saturated carbocycles.